The summed E-state index contributed by atoms with van der Waals surface area (Å²) in [6.45, 7) is 3.80. The molecule has 3 heterocycles. The molecule has 23 heavy (non-hydrogen) atoms. The van der Waals surface area contributed by atoms with Gasteiger partial charge >= 0.3 is 0 Å². The van der Waals surface area contributed by atoms with Crippen molar-refractivity contribution in [1.29, 1.82) is 0 Å². The highest BCUT2D eigenvalue weighted by molar-refractivity contribution is 5.31. The zero-order valence-electron chi connectivity index (χ0n) is 12.9. The molecule has 1 aliphatic heterocycles. The summed E-state index contributed by atoms with van der Waals surface area (Å²) in [6.07, 6.45) is 4.14. The zero-order valence-corrected chi connectivity index (χ0v) is 12.9. The third kappa shape index (κ3) is 3.83. The van der Waals surface area contributed by atoms with E-state index >= 15 is 0 Å². The number of hydrogen-bond acceptors (Lipinski definition) is 8. The van der Waals surface area contributed by atoms with Crippen LogP contribution in [-0.2, 0) is 11.3 Å². The fraction of sp³-hybridized carbons (Fsp3) is 0.600. The summed E-state index contributed by atoms with van der Waals surface area (Å²) in [6, 6.07) is 3.75. The molecule has 2 aromatic heterocycles. The number of nitrogens with zero attached hydrogens (tertiary/aromatic N) is 5. The molecule has 0 radical (unpaired) electrons. The maximum Gasteiger partial charge on any atom is 0.240 e. The Morgan fingerprint density at radius 3 is 3.13 bits per heavy atom. The third-order valence-electron chi connectivity index (χ3n) is 4.09. The first-order chi connectivity index (χ1) is 11.4. The quantitative estimate of drug-likeness (QED) is 0.846. The minimum Gasteiger partial charge on any atom is -0.374 e. The normalized spacial score (nSPS) is 22.2. The van der Waals surface area contributed by atoms with Crippen LogP contribution in [0.2, 0.25) is 0 Å². The lowest BCUT2D eigenvalue weighted by Gasteiger charge is -2.32. The van der Waals surface area contributed by atoms with Crippen molar-refractivity contribution in [2.75, 3.05) is 31.6 Å². The van der Waals surface area contributed by atoms with Gasteiger partial charge in [-0.2, -0.15) is 10.1 Å². The largest absolute Gasteiger partial charge is 0.374 e. The summed E-state index contributed by atoms with van der Waals surface area (Å²) in [4.78, 5) is 6.78. The molecule has 0 amide bonds. The highest BCUT2D eigenvalue weighted by atomic mass is 16.5. The van der Waals surface area contributed by atoms with E-state index in [1.54, 1.807) is 6.20 Å². The van der Waals surface area contributed by atoms with Crippen LogP contribution < -0.4 is 5.32 Å². The van der Waals surface area contributed by atoms with Gasteiger partial charge in [-0.3, -0.25) is 4.90 Å². The van der Waals surface area contributed by atoms with Crippen LogP contribution in [0, 0.1) is 0 Å². The van der Waals surface area contributed by atoms with Crippen LogP contribution in [0.3, 0.4) is 0 Å². The molecule has 1 atom stereocenters. The van der Waals surface area contributed by atoms with Gasteiger partial charge in [0.15, 0.2) is 5.82 Å². The Balaban J connectivity index is 1.28. The van der Waals surface area contributed by atoms with Crippen molar-refractivity contribution in [2.24, 2.45) is 0 Å². The second-order valence-corrected chi connectivity index (χ2v) is 6.04. The molecule has 0 aromatic carbocycles. The van der Waals surface area contributed by atoms with Gasteiger partial charge in [-0.25, -0.2) is 0 Å². The van der Waals surface area contributed by atoms with E-state index in [0.29, 0.717) is 31.5 Å². The van der Waals surface area contributed by atoms with Crippen LogP contribution in [0.25, 0.3) is 0 Å². The van der Waals surface area contributed by atoms with Crippen LogP contribution in [0.5, 0.6) is 0 Å². The number of morpholine rings is 1. The SMILES string of the molecule is c1cnnc(NC[C@@H]2CN(Cc3nc(C4CC4)no3)CCO2)c1. The molecule has 0 spiro atoms. The number of aromatic nitrogens is 4. The topological polar surface area (TPSA) is 89.2 Å². The summed E-state index contributed by atoms with van der Waals surface area (Å²) >= 11 is 0. The summed E-state index contributed by atoms with van der Waals surface area (Å²) in [5, 5.41) is 15.2. The van der Waals surface area contributed by atoms with Gasteiger partial charge in [-0.1, -0.05) is 5.16 Å². The van der Waals surface area contributed by atoms with Gasteiger partial charge in [0.2, 0.25) is 5.89 Å². The van der Waals surface area contributed by atoms with Crippen molar-refractivity contribution in [3.63, 3.8) is 0 Å². The predicted molar refractivity (Wildman–Crippen MR) is 81.8 cm³/mol. The number of nitrogens with one attached hydrogen (secondary N) is 1. The van der Waals surface area contributed by atoms with Crippen LogP contribution >= 0.6 is 0 Å². The average molecular weight is 316 g/mol. The first-order valence-corrected chi connectivity index (χ1v) is 8.05. The summed E-state index contributed by atoms with van der Waals surface area (Å²) in [5.74, 6) is 2.86. The first kappa shape index (κ1) is 14.5. The number of ether oxygens (including phenoxy) is 1. The molecule has 8 heteroatoms. The van der Waals surface area contributed by atoms with Gasteiger partial charge in [0.05, 0.1) is 19.3 Å². The van der Waals surface area contributed by atoms with Crippen LogP contribution in [0.1, 0.15) is 30.5 Å². The molecule has 8 nitrogen and oxygen atoms in total. The molecule has 1 saturated heterocycles. The zero-order chi connectivity index (χ0) is 15.5. The molecule has 2 aromatic rings. The minimum atomic E-state index is 0.108. The van der Waals surface area contributed by atoms with Gasteiger partial charge in [0, 0.05) is 31.7 Å². The molecule has 122 valence electrons. The monoisotopic (exact) mass is 316 g/mol. The van der Waals surface area contributed by atoms with E-state index in [0.717, 1.165) is 24.7 Å². The Bertz CT molecular complexity index is 630. The maximum absolute atomic E-state index is 5.80. The molecule has 0 unspecified atom stereocenters. The smallest absolute Gasteiger partial charge is 0.240 e. The maximum atomic E-state index is 5.80. The number of anilines is 1. The van der Waals surface area contributed by atoms with Crippen LogP contribution in [0.15, 0.2) is 22.9 Å². The van der Waals surface area contributed by atoms with E-state index in [2.05, 4.69) is 30.6 Å². The lowest BCUT2D eigenvalue weighted by Crippen LogP contribution is -2.44. The number of rotatable bonds is 6. The van der Waals surface area contributed by atoms with Gasteiger partial charge in [0.25, 0.3) is 0 Å². The van der Waals surface area contributed by atoms with Crippen molar-refractivity contribution < 1.29 is 9.26 Å². The highest BCUT2D eigenvalue weighted by Crippen LogP contribution is 2.38. The molecule has 2 fully saturated rings. The van der Waals surface area contributed by atoms with E-state index in [1.807, 2.05) is 12.1 Å². The van der Waals surface area contributed by atoms with Gasteiger partial charge in [0.1, 0.15) is 5.82 Å². The number of hydrogen-bond donors (Lipinski definition) is 1. The summed E-state index contributed by atoms with van der Waals surface area (Å²) in [7, 11) is 0. The van der Waals surface area contributed by atoms with Crippen molar-refractivity contribution >= 4 is 5.82 Å². The lowest BCUT2D eigenvalue weighted by molar-refractivity contribution is -0.0268. The first-order valence-electron chi connectivity index (χ1n) is 8.05. The van der Waals surface area contributed by atoms with Crippen molar-refractivity contribution in [3.8, 4) is 0 Å². The van der Waals surface area contributed by atoms with E-state index in [9.17, 15) is 0 Å². The van der Waals surface area contributed by atoms with Crippen molar-refractivity contribution in [1.82, 2.24) is 25.2 Å². The molecular weight excluding hydrogens is 296 g/mol. The lowest BCUT2D eigenvalue weighted by atomic mass is 10.2. The average Bonchev–Trinajstić information content (AvgIpc) is 3.34. The summed E-state index contributed by atoms with van der Waals surface area (Å²) < 4.78 is 11.2. The Kier molecular flexibility index (Phi) is 4.16. The Morgan fingerprint density at radius 1 is 1.35 bits per heavy atom. The Labute approximate surface area is 134 Å². The van der Waals surface area contributed by atoms with Crippen LogP contribution in [0.4, 0.5) is 5.82 Å². The van der Waals surface area contributed by atoms with E-state index < -0.39 is 0 Å². The molecule has 4 rings (SSSR count). The van der Waals surface area contributed by atoms with Gasteiger partial charge in [-0.15, -0.1) is 5.10 Å². The summed E-state index contributed by atoms with van der Waals surface area (Å²) in [5.41, 5.74) is 0. The van der Waals surface area contributed by atoms with Crippen molar-refractivity contribution in [2.45, 2.75) is 31.4 Å². The van der Waals surface area contributed by atoms with Crippen molar-refractivity contribution in [3.05, 3.63) is 30.0 Å². The molecule has 1 saturated carbocycles. The van der Waals surface area contributed by atoms with Crippen LogP contribution in [-0.4, -0.2) is 57.6 Å². The second-order valence-electron chi connectivity index (χ2n) is 6.04. The van der Waals surface area contributed by atoms with E-state index in [4.69, 9.17) is 9.26 Å². The molecule has 0 bridgehead atoms. The van der Waals surface area contributed by atoms with Gasteiger partial charge in [-0.05, 0) is 25.0 Å². The standard InChI is InChI=1S/C15H20N6O2/c1-2-13(19-17-5-1)16-8-12-9-21(6-7-22-12)10-14-18-15(20-23-14)11-3-4-11/h1-2,5,11-12H,3-4,6-10H2,(H,16,19)/t12-/m1/s1. The predicted octanol–water partition coefficient (Wildman–Crippen LogP) is 1.05. The van der Waals surface area contributed by atoms with E-state index in [1.165, 1.54) is 12.8 Å². The van der Waals surface area contributed by atoms with Gasteiger partial charge < -0.3 is 14.6 Å². The fourth-order valence-electron chi connectivity index (χ4n) is 2.69. The molecular formula is C15H20N6O2. The second kappa shape index (κ2) is 6.59. The third-order valence-corrected chi connectivity index (χ3v) is 4.09. The fourth-order valence-corrected chi connectivity index (χ4v) is 2.69. The van der Waals surface area contributed by atoms with E-state index in [-0.39, 0.29) is 6.10 Å². The molecule has 2 aliphatic rings. The minimum absolute atomic E-state index is 0.108. The Morgan fingerprint density at radius 2 is 2.30 bits per heavy atom. The Hall–Kier alpha value is -2.06. The highest BCUT2D eigenvalue weighted by Gasteiger charge is 2.29. The molecule has 1 N–H and O–H groups in total. The molecule has 1 aliphatic carbocycles.